The molecular weight excluding hydrogens is 224 g/mol. The molecule has 1 aliphatic rings. The van der Waals surface area contributed by atoms with Crippen molar-refractivity contribution in [3.63, 3.8) is 0 Å². The van der Waals surface area contributed by atoms with Crippen LogP contribution in [0, 0.1) is 5.41 Å². The highest BCUT2D eigenvalue weighted by atomic mass is 16.5. The summed E-state index contributed by atoms with van der Waals surface area (Å²) in [6.45, 7) is 14.3. The summed E-state index contributed by atoms with van der Waals surface area (Å²) >= 11 is 0. The number of allylic oxidation sites excluding steroid dienone is 2. The summed E-state index contributed by atoms with van der Waals surface area (Å²) in [7, 11) is 0. The normalized spacial score (nSPS) is 20.1. The van der Waals surface area contributed by atoms with Gasteiger partial charge in [-0.2, -0.15) is 0 Å². The molecule has 18 heavy (non-hydrogen) atoms. The molecule has 0 amide bonds. The summed E-state index contributed by atoms with van der Waals surface area (Å²) in [6.07, 6.45) is 7.92. The van der Waals surface area contributed by atoms with Crippen LogP contribution in [0.15, 0.2) is 12.2 Å². The lowest BCUT2D eigenvalue weighted by Gasteiger charge is -2.38. The summed E-state index contributed by atoms with van der Waals surface area (Å²) in [5, 5.41) is 0. The van der Waals surface area contributed by atoms with E-state index < -0.39 is 0 Å². The Morgan fingerprint density at radius 2 is 1.39 bits per heavy atom. The van der Waals surface area contributed by atoms with Crippen molar-refractivity contribution >= 4 is 0 Å². The zero-order valence-corrected chi connectivity index (χ0v) is 13.0. The molecule has 0 atom stereocenters. The van der Waals surface area contributed by atoms with Crippen molar-refractivity contribution in [2.45, 2.75) is 72.0 Å². The molecule has 0 N–H and O–H groups in total. The summed E-state index contributed by atoms with van der Waals surface area (Å²) in [5.41, 5.74) is 0.0150. The molecule has 2 heteroatoms. The molecule has 0 saturated carbocycles. The van der Waals surface area contributed by atoms with Gasteiger partial charge in [0, 0.05) is 5.41 Å². The van der Waals surface area contributed by atoms with Crippen molar-refractivity contribution in [2.24, 2.45) is 5.41 Å². The molecule has 0 aromatic carbocycles. The lowest BCUT2D eigenvalue weighted by Crippen LogP contribution is -2.39. The Balaban J connectivity index is 2.61. The molecule has 1 aliphatic carbocycles. The van der Waals surface area contributed by atoms with E-state index in [0.717, 1.165) is 32.5 Å². The zero-order chi connectivity index (χ0) is 13.9. The van der Waals surface area contributed by atoms with Crippen LogP contribution in [0.3, 0.4) is 0 Å². The Labute approximate surface area is 113 Å². The van der Waals surface area contributed by atoms with E-state index in [4.69, 9.17) is 9.47 Å². The first-order valence-corrected chi connectivity index (χ1v) is 7.05. The maximum absolute atomic E-state index is 6.02. The van der Waals surface area contributed by atoms with E-state index >= 15 is 0 Å². The molecule has 0 heterocycles. The van der Waals surface area contributed by atoms with Gasteiger partial charge in [-0.15, -0.1) is 0 Å². The van der Waals surface area contributed by atoms with Gasteiger partial charge < -0.3 is 9.47 Å². The van der Waals surface area contributed by atoms with Gasteiger partial charge in [-0.25, -0.2) is 0 Å². The van der Waals surface area contributed by atoms with Crippen molar-refractivity contribution < 1.29 is 9.47 Å². The van der Waals surface area contributed by atoms with Crippen molar-refractivity contribution in [2.75, 3.05) is 13.2 Å². The number of hydrogen-bond acceptors (Lipinski definition) is 2. The van der Waals surface area contributed by atoms with E-state index in [0.29, 0.717) is 0 Å². The minimum atomic E-state index is -0.0735. The van der Waals surface area contributed by atoms with Crippen LogP contribution in [-0.2, 0) is 9.47 Å². The van der Waals surface area contributed by atoms with E-state index in [9.17, 15) is 0 Å². The lowest BCUT2D eigenvalue weighted by atomic mass is 9.78. The van der Waals surface area contributed by atoms with Gasteiger partial charge in [-0.1, -0.05) is 12.2 Å². The average molecular weight is 254 g/mol. The van der Waals surface area contributed by atoms with Crippen molar-refractivity contribution in [3.05, 3.63) is 12.2 Å². The quantitative estimate of drug-likeness (QED) is 0.695. The van der Waals surface area contributed by atoms with Gasteiger partial charge >= 0.3 is 0 Å². The van der Waals surface area contributed by atoms with E-state index in [2.05, 4.69) is 53.7 Å². The Bertz CT molecular complexity index is 260. The second-order valence-electron chi connectivity index (χ2n) is 7.52. The van der Waals surface area contributed by atoms with Crippen LogP contribution in [0.5, 0.6) is 0 Å². The molecule has 0 fully saturated rings. The second-order valence-corrected chi connectivity index (χ2v) is 7.52. The fourth-order valence-corrected chi connectivity index (χ4v) is 1.99. The summed E-state index contributed by atoms with van der Waals surface area (Å²) in [5.74, 6) is 0. The largest absolute Gasteiger partial charge is 0.375 e. The second kappa shape index (κ2) is 5.75. The van der Waals surface area contributed by atoms with Gasteiger partial charge in [-0.05, 0) is 60.8 Å². The first-order valence-electron chi connectivity index (χ1n) is 7.05. The third kappa shape index (κ3) is 6.01. The fourth-order valence-electron chi connectivity index (χ4n) is 1.99. The minimum Gasteiger partial charge on any atom is -0.375 e. The third-order valence-corrected chi connectivity index (χ3v) is 3.18. The minimum absolute atomic E-state index is 0.0735. The fraction of sp³-hybridized carbons (Fsp3) is 0.875. The van der Waals surface area contributed by atoms with Crippen LogP contribution in [0.4, 0.5) is 0 Å². The molecule has 0 saturated heterocycles. The highest BCUT2D eigenvalue weighted by Crippen LogP contribution is 2.35. The van der Waals surface area contributed by atoms with E-state index in [1.165, 1.54) is 0 Å². The van der Waals surface area contributed by atoms with E-state index in [-0.39, 0.29) is 16.6 Å². The average Bonchev–Trinajstić information content (AvgIpc) is 2.24. The maximum Gasteiger partial charge on any atom is 0.0598 e. The smallest absolute Gasteiger partial charge is 0.0598 e. The number of rotatable bonds is 4. The monoisotopic (exact) mass is 254 g/mol. The number of hydrogen-bond donors (Lipinski definition) is 0. The van der Waals surface area contributed by atoms with E-state index in [1.54, 1.807) is 0 Å². The predicted octanol–water partition coefficient (Wildman–Crippen LogP) is 4.34. The topological polar surface area (TPSA) is 18.5 Å². The van der Waals surface area contributed by atoms with Crippen molar-refractivity contribution in [3.8, 4) is 0 Å². The molecule has 0 spiro atoms. The first kappa shape index (κ1) is 15.7. The standard InChI is InChI=1S/C16H30O2/c1-14(2,3)17-12-16(10-8-7-9-11-16)13-18-15(4,5)6/h7-8H,9-13H2,1-6H3. The molecule has 0 aromatic heterocycles. The summed E-state index contributed by atoms with van der Waals surface area (Å²) < 4.78 is 12.0. The molecule has 0 unspecified atom stereocenters. The SMILES string of the molecule is CC(C)(C)OCC1(COC(C)(C)C)CC=CCC1. The number of ether oxygens (including phenoxy) is 2. The van der Waals surface area contributed by atoms with Crippen molar-refractivity contribution in [1.82, 2.24) is 0 Å². The van der Waals surface area contributed by atoms with Gasteiger partial charge in [0.25, 0.3) is 0 Å². The van der Waals surface area contributed by atoms with Crippen LogP contribution < -0.4 is 0 Å². The third-order valence-electron chi connectivity index (χ3n) is 3.18. The summed E-state index contributed by atoms with van der Waals surface area (Å²) in [4.78, 5) is 0. The molecule has 0 aromatic rings. The Morgan fingerprint density at radius 1 is 0.889 bits per heavy atom. The zero-order valence-electron chi connectivity index (χ0n) is 13.0. The molecular formula is C16H30O2. The van der Waals surface area contributed by atoms with Crippen LogP contribution >= 0.6 is 0 Å². The Kier molecular flexibility index (Phi) is 5.02. The molecule has 0 radical (unpaired) electrons. The van der Waals surface area contributed by atoms with Gasteiger partial charge in [0.05, 0.1) is 24.4 Å². The first-order chi connectivity index (χ1) is 8.12. The molecule has 106 valence electrons. The van der Waals surface area contributed by atoms with Crippen LogP contribution in [0.2, 0.25) is 0 Å². The highest BCUT2D eigenvalue weighted by molar-refractivity contribution is 4.98. The van der Waals surface area contributed by atoms with E-state index in [1.807, 2.05) is 0 Å². The van der Waals surface area contributed by atoms with Gasteiger partial charge in [0.2, 0.25) is 0 Å². The highest BCUT2D eigenvalue weighted by Gasteiger charge is 2.34. The lowest BCUT2D eigenvalue weighted by molar-refractivity contribution is -0.110. The van der Waals surface area contributed by atoms with Gasteiger partial charge in [0.1, 0.15) is 0 Å². The van der Waals surface area contributed by atoms with Crippen LogP contribution in [-0.4, -0.2) is 24.4 Å². The predicted molar refractivity (Wildman–Crippen MR) is 76.8 cm³/mol. The van der Waals surface area contributed by atoms with Crippen LogP contribution in [0.25, 0.3) is 0 Å². The van der Waals surface area contributed by atoms with Gasteiger partial charge in [-0.3, -0.25) is 0 Å². The molecule has 0 bridgehead atoms. The molecule has 2 nitrogen and oxygen atoms in total. The Hall–Kier alpha value is -0.340. The molecule has 1 rings (SSSR count). The van der Waals surface area contributed by atoms with Crippen LogP contribution in [0.1, 0.15) is 60.8 Å². The van der Waals surface area contributed by atoms with Gasteiger partial charge in [0.15, 0.2) is 0 Å². The summed E-state index contributed by atoms with van der Waals surface area (Å²) in [6, 6.07) is 0. The maximum atomic E-state index is 6.02. The van der Waals surface area contributed by atoms with Crippen molar-refractivity contribution in [1.29, 1.82) is 0 Å². The molecule has 0 aliphatic heterocycles. The Morgan fingerprint density at radius 3 is 1.72 bits per heavy atom.